The van der Waals surface area contributed by atoms with Crippen LogP contribution in [-0.4, -0.2) is 32.0 Å². The number of nitrogens with zero attached hydrogens (tertiary/aromatic N) is 4. The quantitative estimate of drug-likeness (QED) is 0.387. The van der Waals surface area contributed by atoms with Crippen molar-refractivity contribution in [3.8, 4) is 5.00 Å². The summed E-state index contributed by atoms with van der Waals surface area (Å²) in [4.78, 5) is 19.1. The third-order valence-corrected chi connectivity index (χ3v) is 7.15. The molecule has 0 bridgehead atoms. The Morgan fingerprint density at radius 3 is 2.47 bits per heavy atom. The highest BCUT2D eigenvalue weighted by atomic mass is 32.1. The third-order valence-electron chi connectivity index (χ3n) is 5.48. The molecule has 1 aliphatic heterocycles. The van der Waals surface area contributed by atoms with Gasteiger partial charge in [-0.1, -0.05) is 24.3 Å². The summed E-state index contributed by atoms with van der Waals surface area (Å²) in [6, 6.07) is 7.98. The van der Waals surface area contributed by atoms with Gasteiger partial charge >= 0.3 is 5.97 Å². The minimum atomic E-state index is -0.557. The van der Waals surface area contributed by atoms with Gasteiger partial charge in [-0.2, -0.15) is 0 Å². The number of benzene rings is 1. The van der Waals surface area contributed by atoms with Gasteiger partial charge in [-0.25, -0.2) is 0 Å². The lowest BCUT2D eigenvalue weighted by atomic mass is 9.99. The molecule has 3 aromatic rings. The van der Waals surface area contributed by atoms with Crippen LogP contribution in [-0.2, 0) is 15.7 Å². The van der Waals surface area contributed by atoms with E-state index in [1.54, 1.807) is 11.3 Å². The molecule has 8 heteroatoms. The maximum absolute atomic E-state index is 12.8. The molecule has 2 atom stereocenters. The molecule has 168 valence electrons. The lowest BCUT2D eigenvalue weighted by Crippen LogP contribution is -2.25. The highest BCUT2D eigenvalue weighted by Crippen LogP contribution is 2.39. The van der Waals surface area contributed by atoms with E-state index in [2.05, 4.69) is 62.1 Å². The monoisotopic (exact) mass is 468 g/mol. The molecule has 0 spiro atoms. The summed E-state index contributed by atoms with van der Waals surface area (Å²) in [7, 11) is 2.76. The molecule has 0 fully saturated rings. The smallest absolute Gasteiger partial charge is 0.308 e. The molecule has 1 aliphatic rings. The minimum absolute atomic E-state index is 0.107. The Morgan fingerprint density at radius 1 is 1.16 bits per heavy atom. The zero-order valence-electron chi connectivity index (χ0n) is 19.4. The maximum Gasteiger partial charge on any atom is 0.308 e. The fourth-order valence-electron chi connectivity index (χ4n) is 3.86. The van der Waals surface area contributed by atoms with Crippen molar-refractivity contribution < 1.29 is 9.53 Å². The van der Waals surface area contributed by atoms with E-state index in [-0.39, 0.29) is 12.4 Å². The van der Waals surface area contributed by atoms with E-state index in [0.717, 1.165) is 33.8 Å². The van der Waals surface area contributed by atoms with Crippen LogP contribution >= 0.6 is 20.6 Å². The zero-order chi connectivity index (χ0) is 23.2. The number of carbonyl (C=O) groups is 1. The van der Waals surface area contributed by atoms with Gasteiger partial charge in [-0.15, -0.1) is 30.8 Å². The normalized spacial score (nSPS) is 15.6. The zero-order valence-corrected chi connectivity index (χ0v) is 21.4. The van der Waals surface area contributed by atoms with E-state index >= 15 is 0 Å². The standard InChI is InChI=1S/C24H29N4O2PS/c1-13-14(2)32-23-20(13)21(17-9-7-16(12-31)8-10-17)25-18(11-19(29)30-24(4,5)6)22-27-26-15(3)28(22)23/h7-10,18H,11-12,31H2,1-6H3. The summed E-state index contributed by atoms with van der Waals surface area (Å²) in [6.07, 6.45) is 1.01. The van der Waals surface area contributed by atoms with Crippen LogP contribution in [0.4, 0.5) is 0 Å². The number of aliphatic imine (C=N–C) groups is 1. The topological polar surface area (TPSA) is 69.4 Å². The molecule has 0 amide bonds. The molecule has 0 aliphatic carbocycles. The minimum Gasteiger partial charge on any atom is -0.460 e. The van der Waals surface area contributed by atoms with Gasteiger partial charge in [0.1, 0.15) is 22.5 Å². The van der Waals surface area contributed by atoms with Crippen molar-refractivity contribution in [1.82, 2.24) is 14.8 Å². The molecular formula is C24H29N4O2PS. The molecule has 2 aromatic heterocycles. The van der Waals surface area contributed by atoms with Crippen molar-refractivity contribution in [3.63, 3.8) is 0 Å². The van der Waals surface area contributed by atoms with Crippen LogP contribution in [0.5, 0.6) is 0 Å². The van der Waals surface area contributed by atoms with Crippen molar-refractivity contribution >= 4 is 32.3 Å². The summed E-state index contributed by atoms with van der Waals surface area (Å²) in [5, 5.41) is 9.82. The van der Waals surface area contributed by atoms with Crippen LogP contribution in [0.15, 0.2) is 29.3 Å². The van der Waals surface area contributed by atoms with Crippen molar-refractivity contribution in [2.75, 3.05) is 0 Å². The van der Waals surface area contributed by atoms with Gasteiger partial charge in [-0.05, 0) is 58.8 Å². The SMILES string of the molecule is Cc1sc2c(c1C)C(c1ccc(CP)cc1)=NC(CC(=O)OC(C)(C)C)c1nnc(C)n1-2. The highest BCUT2D eigenvalue weighted by Gasteiger charge is 2.33. The molecule has 0 N–H and O–H groups in total. The molecule has 32 heavy (non-hydrogen) atoms. The highest BCUT2D eigenvalue weighted by molar-refractivity contribution is 7.15. The van der Waals surface area contributed by atoms with Crippen molar-refractivity contribution in [3.05, 3.63) is 63.0 Å². The van der Waals surface area contributed by atoms with Crippen molar-refractivity contribution in [2.24, 2.45) is 4.99 Å². The van der Waals surface area contributed by atoms with E-state index in [0.29, 0.717) is 5.82 Å². The second-order valence-electron chi connectivity index (χ2n) is 9.09. The fraction of sp³-hybridized carbons (Fsp3) is 0.417. The summed E-state index contributed by atoms with van der Waals surface area (Å²) in [6.45, 7) is 11.8. The maximum atomic E-state index is 12.8. The number of aryl methyl sites for hydroxylation is 2. The Labute approximate surface area is 195 Å². The summed E-state index contributed by atoms with van der Waals surface area (Å²) < 4.78 is 7.67. The lowest BCUT2D eigenvalue weighted by molar-refractivity contribution is -0.155. The average molecular weight is 469 g/mol. The first-order valence-electron chi connectivity index (χ1n) is 10.7. The van der Waals surface area contributed by atoms with Gasteiger partial charge in [0.05, 0.1) is 12.1 Å². The van der Waals surface area contributed by atoms with Crippen LogP contribution in [0.2, 0.25) is 0 Å². The number of esters is 1. The van der Waals surface area contributed by atoms with Crippen molar-refractivity contribution in [2.45, 2.75) is 65.8 Å². The Bertz CT molecular complexity index is 1200. The van der Waals surface area contributed by atoms with Gasteiger partial charge < -0.3 is 4.74 Å². The van der Waals surface area contributed by atoms with E-state index in [1.165, 1.54) is 16.0 Å². The van der Waals surface area contributed by atoms with Crippen LogP contribution in [0.1, 0.15) is 72.0 Å². The fourth-order valence-corrected chi connectivity index (χ4v) is 5.35. The molecule has 3 heterocycles. The molecule has 6 nitrogen and oxygen atoms in total. The van der Waals surface area contributed by atoms with Crippen LogP contribution in [0.25, 0.3) is 5.00 Å². The second-order valence-corrected chi connectivity index (χ2v) is 10.7. The first-order valence-corrected chi connectivity index (χ1v) is 12.3. The van der Waals surface area contributed by atoms with Gasteiger partial charge in [0.25, 0.3) is 0 Å². The number of hydrogen-bond donors (Lipinski definition) is 0. The van der Waals surface area contributed by atoms with Gasteiger partial charge in [0, 0.05) is 16.0 Å². The molecule has 2 unspecified atom stereocenters. The van der Waals surface area contributed by atoms with Gasteiger partial charge in [0.15, 0.2) is 5.82 Å². The predicted octanol–water partition coefficient (Wildman–Crippen LogP) is 5.25. The number of ether oxygens (including phenoxy) is 1. The molecule has 1 aromatic carbocycles. The number of hydrogen-bond acceptors (Lipinski definition) is 6. The predicted molar refractivity (Wildman–Crippen MR) is 132 cm³/mol. The number of thiophene rings is 1. The van der Waals surface area contributed by atoms with Gasteiger partial charge in [-0.3, -0.25) is 14.4 Å². The third kappa shape index (κ3) is 4.28. The van der Waals surface area contributed by atoms with Crippen molar-refractivity contribution in [1.29, 1.82) is 0 Å². The first-order chi connectivity index (χ1) is 15.1. The summed E-state index contributed by atoms with van der Waals surface area (Å²) >= 11 is 1.71. The van der Waals surface area contributed by atoms with E-state index < -0.39 is 11.6 Å². The van der Waals surface area contributed by atoms with Crippen LogP contribution < -0.4 is 0 Å². The number of aromatic nitrogens is 3. The van der Waals surface area contributed by atoms with Crippen LogP contribution in [0.3, 0.4) is 0 Å². The summed E-state index contributed by atoms with van der Waals surface area (Å²) in [5.41, 5.74) is 4.87. The molecular weight excluding hydrogens is 439 g/mol. The largest absolute Gasteiger partial charge is 0.460 e. The van der Waals surface area contributed by atoms with Crippen LogP contribution in [0, 0.1) is 20.8 Å². The molecule has 4 rings (SSSR count). The number of carbonyl (C=O) groups excluding carboxylic acids is 1. The Balaban J connectivity index is 1.90. The average Bonchev–Trinajstić information content (AvgIpc) is 3.19. The Hall–Kier alpha value is -2.37. The molecule has 0 saturated carbocycles. The van der Waals surface area contributed by atoms with E-state index in [9.17, 15) is 4.79 Å². The molecule has 0 saturated heterocycles. The number of rotatable bonds is 4. The van der Waals surface area contributed by atoms with E-state index in [4.69, 9.17) is 9.73 Å². The second kappa shape index (κ2) is 8.53. The number of fused-ring (bicyclic) bond motifs is 3. The Kier molecular flexibility index (Phi) is 6.08. The molecule has 0 radical (unpaired) electrons. The Morgan fingerprint density at radius 2 is 1.84 bits per heavy atom. The van der Waals surface area contributed by atoms with E-state index in [1.807, 2.05) is 27.7 Å². The lowest BCUT2D eigenvalue weighted by Gasteiger charge is -2.21. The van der Waals surface area contributed by atoms with Gasteiger partial charge in [0.2, 0.25) is 0 Å². The summed E-state index contributed by atoms with van der Waals surface area (Å²) in [5.74, 6) is 1.16. The first kappa shape index (κ1) is 22.8.